The number of pyridine rings is 1. The van der Waals surface area contributed by atoms with Gasteiger partial charge in [0.05, 0.1) is 5.02 Å². The van der Waals surface area contributed by atoms with Crippen molar-refractivity contribution in [2.24, 2.45) is 5.73 Å². The third kappa shape index (κ3) is 3.04. The average Bonchev–Trinajstić information content (AvgIpc) is 2.22. The van der Waals surface area contributed by atoms with Crippen molar-refractivity contribution in [1.29, 1.82) is 0 Å². The molecule has 0 saturated heterocycles. The molecular weight excluding hydrogens is 217 g/mol. The summed E-state index contributed by atoms with van der Waals surface area (Å²) >= 11 is 5.60. The van der Waals surface area contributed by atoms with Crippen LogP contribution in [0.25, 0.3) is 0 Å². The van der Waals surface area contributed by atoms with E-state index in [1.807, 2.05) is 13.8 Å². The minimum atomic E-state index is -0.462. The molecule has 1 heterocycles. The molecule has 1 atom stereocenters. The Morgan fingerprint density at radius 2 is 2.33 bits per heavy atom. The smallest absolute Gasteiger partial charge is 0.166 e. The zero-order valence-corrected chi connectivity index (χ0v) is 9.61. The van der Waals surface area contributed by atoms with Gasteiger partial charge in [-0.05, 0) is 19.4 Å². The van der Waals surface area contributed by atoms with Gasteiger partial charge in [-0.15, -0.1) is 0 Å². The minimum absolute atomic E-state index is 0.189. The van der Waals surface area contributed by atoms with Crippen LogP contribution in [-0.2, 0) is 0 Å². The van der Waals surface area contributed by atoms with Crippen molar-refractivity contribution in [2.45, 2.75) is 25.8 Å². The van der Waals surface area contributed by atoms with Crippen LogP contribution in [0.1, 0.15) is 20.3 Å². The molecule has 0 bridgehead atoms. The molecule has 84 valence electrons. The second-order valence-corrected chi connectivity index (χ2v) is 4.16. The predicted octanol–water partition coefficient (Wildman–Crippen LogP) is 2.41. The standard InChI is InChI=1S/C10H15ClFN3/c1-3-10(2,6-13)15-9-8(12)4-7(11)5-14-9/h4-5H,3,6,13H2,1-2H3,(H,14,15). The highest BCUT2D eigenvalue weighted by Gasteiger charge is 2.21. The van der Waals surface area contributed by atoms with Crippen molar-refractivity contribution in [1.82, 2.24) is 4.98 Å². The van der Waals surface area contributed by atoms with Gasteiger partial charge in [-0.3, -0.25) is 0 Å². The Bertz CT molecular complexity index is 339. The van der Waals surface area contributed by atoms with Crippen LogP contribution in [0.4, 0.5) is 10.2 Å². The van der Waals surface area contributed by atoms with E-state index in [0.29, 0.717) is 6.54 Å². The molecule has 1 unspecified atom stereocenters. The number of aromatic nitrogens is 1. The van der Waals surface area contributed by atoms with Crippen LogP contribution < -0.4 is 11.1 Å². The molecule has 0 aliphatic carbocycles. The lowest BCUT2D eigenvalue weighted by atomic mass is 9.99. The summed E-state index contributed by atoms with van der Waals surface area (Å²) in [6.07, 6.45) is 2.19. The van der Waals surface area contributed by atoms with Crippen LogP contribution in [-0.4, -0.2) is 17.1 Å². The normalized spacial score (nSPS) is 14.7. The summed E-state index contributed by atoms with van der Waals surface area (Å²) in [6, 6.07) is 1.23. The van der Waals surface area contributed by atoms with Gasteiger partial charge in [0.2, 0.25) is 0 Å². The van der Waals surface area contributed by atoms with Crippen molar-refractivity contribution >= 4 is 17.4 Å². The second-order valence-electron chi connectivity index (χ2n) is 3.73. The van der Waals surface area contributed by atoms with E-state index in [-0.39, 0.29) is 16.4 Å². The first-order chi connectivity index (χ1) is 7.00. The number of anilines is 1. The topological polar surface area (TPSA) is 50.9 Å². The molecule has 0 amide bonds. The Morgan fingerprint density at radius 3 is 2.80 bits per heavy atom. The molecule has 0 aliphatic heterocycles. The molecule has 1 rings (SSSR count). The SMILES string of the molecule is CCC(C)(CN)Nc1ncc(Cl)cc1F. The van der Waals surface area contributed by atoms with Gasteiger partial charge in [-0.25, -0.2) is 9.37 Å². The zero-order chi connectivity index (χ0) is 11.5. The van der Waals surface area contributed by atoms with E-state index in [0.717, 1.165) is 6.42 Å². The number of rotatable bonds is 4. The van der Waals surface area contributed by atoms with Crippen LogP contribution in [0.15, 0.2) is 12.3 Å². The molecule has 0 fully saturated rings. The van der Waals surface area contributed by atoms with Gasteiger partial charge in [-0.2, -0.15) is 0 Å². The number of nitrogens with one attached hydrogen (secondary N) is 1. The van der Waals surface area contributed by atoms with E-state index in [1.54, 1.807) is 0 Å². The van der Waals surface area contributed by atoms with E-state index in [1.165, 1.54) is 12.3 Å². The molecule has 0 spiro atoms. The Kier molecular flexibility index (Phi) is 3.88. The lowest BCUT2D eigenvalue weighted by Gasteiger charge is -2.28. The van der Waals surface area contributed by atoms with Crippen molar-refractivity contribution in [3.8, 4) is 0 Å². The van der Waals surface area contributed by atoms with Gasteiger partial charge in [0.25, 0.3) is 0 Å². The Morgan fingerprint density at radius 1 is 1.67 bits per heavy atom. The summed E-state index contributed by atoms with van der Waals surface area (Å²) < 4.78 is 13.4. The summed E-state index contributed by atoms with van der Waals surface area (Å²) in [5.41, 5.74) is 5.26. The Hall–Kier alpha value is -0.870. The molecule has 15 heavy (non-hydrogen) atoms. The average molecular weight is 232 g/mol. The first-order valence-electron chi connectivity index (χ1n) is 4.80. The number of hydrogen-bond donors (Lipinski definition) is 2. The molecule has 3 N–H and O–H groups in total. The fraction of sp³-hybridized carbons (Fsp3) is 0.500. The summed E-state index contributed by atoms with van der Waals surface area (Å²) in [7, 11) is 0. The van der Waals surface area contributed by atoms with Crippen LogP contribution in [0, 0.1) is 5.82 Å². The zero-order valence-electron chi connectivity index (χ0n) is 8.85. The number of nitrogens with zero attached hydrogens (tertiary/aromatic N) is 1. The largest absolute Gasteiger partial charge is 0.361 e. The highest BCUT2D eigenvalue weighted by atomic mass is 35.5. The number of nitrogens with two attached hydrogens (primary N) is 1. The molecule has 5 heteroatoms. The molecular formula is C10H15ClFN3. The van der Waals surface area contributed by atoms with Gasteiger partial charge in [0, 0.05) is 18.3 Å². The van der Waals surface area contributed by atoms with Crippen LogP contribution >= 0.6 is 11.6 Å². The maximum atomic E-state index is 13.4. The highest BCUT2D eigenvalue weighted by molar-refractivity contribution is 6.30. The van der Waals surface area contributed by atoms with E-state index in [2.05, 4.69) is 10.3 Å². The fourth-order valence-electron chi connectivity index (χ4n) is 1.08. The molecule has 0 saturated carbocycles. The monoisotopic (exact) mass is 231 g/mol. The first kappa shape index (κ1) is 12.2. The van der Waals surface area contributed by atoms with Crippen LogP contribution in [0.3, 0.4) is 0 Å². The van der Waals surface area contributed by atoms with Crippen molar-refractivity contribution in [2.75, 3.05) is 11.9 Å². The van der Waals surface area contributed by atoms with Gasteiger partial charge in [-0.1, -0.05) is 18.5 Å². The quantitative estimate of drug-likeness (QED) is 0.837. The molecule has 3 nitrogen and oxygen atoms in total. The molecule has 0 radical (unpaired) electrons. The lowest BCUT2D eigenvalue weighted by molar-refractivity contribution is 0.497. The third-order valence-electron chi connectivity index (χ3n) is 2.46. The highest BCUT2D eigenvalue weighted by Crippen LogP contribution is 2.20. The van der Waals surface area contributed by atoms with Crippen molar-refractivity contribution in [3.05, 3.63) is 23.1 Å². The van der Waals surface area contributed by atoms with Crippen LogP contribution in [0.5, 0.6) is 0 Å². The van der Waals surface area contributed by atoms with Gasteiger partial charge in [0.15, 0.2) is 11.6 Å². The Balaban J connectivity index is 2.89. The molecule has 1 aromatic heterocycles. The predicted molar refractivity (Wildman–Crippen MR) is 60.6 cm³/mol. The maximum absolute atomic E-state index is 13.4. The number of hydrogen-bond acceptors (Lipinski definition) is 3. The van der Waals surface area contributed by atoms with E-state index >= 15 is 0 Å². The molecule has 0 aromatic carbocycles. The van der Waals surface area contributed by atoms with Gasteiger partial charge < -0.3 is 11.1 Å². The summed E-state index contributed by atoms with van der Waals surface area (Å²) in [4.78, 5) is 3.89. The van der Waals surface area contributed by atoms with Gasteiger partial charge in [0.1, 0.15) is 0 Å². The first-order valence-corrected chi connectivity index (χ1v) is 5.18. The third-order valence-corrected chi connectivity index (χ3v) is 2.67. The number of halogens is 2. The second kappa shape index (κ2) is 4.77. The maximum Gasteiger partial charge on any atom is 0.166 e. The molecule has 0 aliphatic rings. The van der Waals surface area contributed by atoms with E-state index in [9.17, 15) is 4.39 Å². The summed E-state index contributed by atoms with van der Waals surface area (Å²) in [5.74, 6) is -0.273. The summed E-state index contributed by atoms with van der Waals surface area (Å²) in [6.45, 7) is 4.31. The summed E-state index contributed by atoms with van der Waals surface area (Å²) in [5, 5.41) is 3.26. The van der Waals surface area contributed by atoms with E-state index in [4.69, 9.17) is 17.3 Å². The lowest BCUT2D eigenvalue weighted by Crippen LogP contribution is -2.42. The Labute approximate surface area is 93.8 Å². The van der Waals surface area contributed by atoms with Crippen molar-refractivity contribution < 1.29 is 4.39 Å². The minimum Gasteiger partial charge on any atom is -0.361 e. The van der Waals surface area contributed by atoms with Crippen LogP contribution in [0.2, 0.25) is 5.02 Å². The molecule has 1 aromatic rings. The fourth-order valence-corrected chi connectivity index (χ4v) is 1.22. The van der Waals surface area contributed by atoms with Gasteiger partial charge >= 0.3 is 0 Å². The van der Waals surface area contributed by atoms with E-state index < -0.39 is 5.82 Å². The van der Waals surface area contributed by atoms with Crippen molar-refractivity contribution in [3.63, 3.8) is 0 Å².